The molecular weight excluding hydrogens is 285 g/mol. The zero-order chi connectivity index (χ0) is 15.5. The van der Waals surface area contributed by atoms with Gasteiger partial charge in [0.2, 0.25) is 0 Å². The number of halogens is 1. The summed E-state index contributed by atoms with van der Waals surface area (Å²) in [6.45, 7) is 1.43. The van der Waals surface area contributed by atoms with Gasteiger partial charge in [-0.2, -0.15) is 9.90 Å². The minimum atomic E-state index is -0.320. The third-order valence-corrected chi connectivity index (χ3v) is 3.96. The number of carbonyl (C=O) groups is 1. The van der Waals surface area contributed by atoms with Crippen LogP contribution < -0.4 is 5.32 Å². The van der Waals surface area contributed by atoms with Gasteiger partial charge < -0.3 is 10.2 Å². The van der Waals surface area contributed by atoms with Gasteiger partial charge in [0.15, 0.2) is 5.69 Å². The maximum absolute atomic E-state index is 12.9. The first-order valence-corrected chi connectivity index (χ1v) is 7.32. The third-order valence-electron chi connectivity index (χ3n) is 3.96. The molecule has 0 atom stereocenters. The second-order valence-electron chi connectivity index (χ2n) is 5.35. The molecule has 116 valence electrons. The van der Waals surface area contributed by atoms with Crippen LogP contribution in [-0.2, 0) is 0 Å². The molecule has 1 saturated heterocycles. The maximum Gasteiger partial charge on any atom is 0.276 e. The molecule has 0 saturated carbocycles. The van der Waals surface area contributed by atoms with E-state index in [1.54, 1.807) is 17.0 Å². The fourth-order valence-corrected chi connectivity index (χ4v) is 2.59. The Morgan fingerprint density at radius 1 is 1.27 bits per heavy atom. The zero-order valence-corrected chi connectivity index (χ0v) is 12.4. The van der Waals surface area contributed by atoms with Gasteiger partial charge >= 0.3 is 0 Å². The van der Waals surface area contributed by atoms with Crippen LogP contribution in [0.3, 0.4) is 0 Å². The topological polar surface area (TPSA) is 63.1 Å². The molecule has 1 aliphatic rings. The SMILES string of the molecule is CNC1CCN(C(=O)c2cnn(-c3ccc(F)cc3)n2)CC1. The van der Waals surface area contributed by atoms with E-state index in [-0.39, 0.29) is 11.7 Å². The van der Waals surface area contributed by atoms with Gasteiger partial charge in [0, 0.05) is 19.1 Å². The summed E-state index contributed by atoms with van der Waals surface area (Å²) in [5.74, 6) is -0.428. The first-order valence-electron chi connectivity index (χ1n) is 7.32. The van der Waals surface area contributed by atoms with Crippen LogP contribution in [0.25, 0.3) is 5.69 Å². The van der Waals surface area contributed by atoms with Crippen LogP contribution >= 0.6 is 0 Å². The van der Waals surface area contributed by atoms with Crippen molar-refractivity contribution in [1.29, 1.82) is 0 Å². The normalized spacial score (nSPS) is 16.0. The fourth-order valence-electron chi connectivity index (χ4n) is 2.59. The van der Waals surface area contributed by atoms with Gasteiger partial charge in [-0.3, -0.25) is 4.79 Å². The number of hydrogen-bond acceptors (Lipinski definition) is 4. The second kappa shape index (κ2) is 6.23. The van der Waals surface area contributed by atoms with Gasteiger partial charge in [0.25, 0.3) is 5.91 Å². The molecule has 3 rings (SSSR count). The highest BCUT2D eigenvalue weighted by atomic mass is 19.1. The molecule has 2 heterocycles. The Bertz CT molecular complexity index is 646. The zero-order valence-electron chi connectivity index (χ0n) is 12.4. The molecule has 7 heteroatoms. The molecule has 0 unspecified atom stereocenters. The summed E-state index contributed by atoms with van der Waals surface area (Å²) in [6.07, 6.45) is 3.33. The molecule has 2 aromatic rings. The highest BCUT2D eigenvalue weighted by Crippen LogP contribution is 2.13. The van der Waals surface area contributed by atoms with Gasteiger partial charge in [0.05, 0.1) is 11.9 Å². The van der Waals surface area contributed by atoms with E-state index in [9.17, 15) is 9.18 Å². The summed E-state index contributed by atoms with van der Waals surface area (Å²) in [6, 6.07) is 6.29. The molecule has 1 aliphatic heterocycles. The van der Waals surface area contributed by atoms with Gasteiger partial charge in [-0.1, -0.05) is 0 Å². The fraction of sp³-hybridized carbons (Fsp3) is 0.400. The van der Waals surface area contributed by atoms with Crippen molar-refractivity contribution in [2.24, 2.45) is 0 Å². The Hall–Kier alpha value is -2.28. The molecule has 1 N–H and O–H groups in total. The summed E-state index contributed by atoms with van der Waals surface area (Å²) < 4.78 is 12.9. The highest BCUT2D eigenvalue weighted by molar-refractivity contribution is 5.92. The van der Waals surface area contributed by atoms with E-state index in [4.69, 9.17) is 0 Å². The van der Waals surface area contributed by atoms with E-state index in [0.717, 1.165) is 12.8 Å². The average molecular weight is 303 g/mol. The summed E-state index contributed by atoms with van der Waals surface area (Å²) in [5, 5.41) is 11.5. The van der Waals surface area contributed by atoms with E-state index in [2.05, 4.69) is 15.5 Å². The van der Waals surface area contributed by atoms with Crippen LogP contribution in [0.15, 0.2) is 30.5 Å². The molecule has 0 bridgehead atoms. The van der Waals surface area contributed by atoms with Crippen molar-refractivity contribution in [2.45, 2.75) is 18.9 Å². The number of rotatable bonds is 3. The smallest absolute Gasteiger partial charge is 0.276 e. The van der Waals surface area contributed by atoms with Crippen molar-refractivity contribution < 1.29 is 9.18 Å². The number of amides is 1. The predicted octanol–water partition coefficient (Wildman–Crippen LogP) is 1.23. The van der Waals surface area contributed by atoms with Gasteiger partial charge in [-0.05, 0) is 44.2 Å². The molecule has 1 fully saturated rings. The minimum absolute atomic E-state index is 0.108. The van der Waals surface area contributed by atoms with Crippen molar-refractivity contribution in [3.05, 3.63) is 42.0 Å². The number of nitrogens with zero attached hydrogens (tertiary/aromatic N) is 4. The lowest BCUT2D eigenvalue weighted by molar-refractivity contribution is 0.0701. The largest absolute Gasteiger partial charge is 0.337 e. The first-order chi connectivity index (χ1) is 10.7. The quantitative estimate of drug-likeness (QED) is 0.926. The van der Waals surface area contributed by atoms with E-state index in [1.165, 1.54) is 23.1 Å². The Kier molecular flexibility index (Phi) is 4.15. The number of nitrogens with one attached hydrogen (secondary N) is 1. The number of benzene rings is 1. The lowest BCUT2D eigenvalue weighted by atomic mass is 10.1. The van der Waals surface area contributed by atoms with Gasteiger partial charge in [-0.25, -0.2) is 4.39 Å². The number of hydrogen-bond donors (Lipinski definition) is 1. The van der Waals surface area contributed by atoms with Crippen LogP contribution in [0.1, 0.15) is 23.3 Å². The average Bonchev–Trinajstić information content (AvgIpc) is 3.05. The Labute approximate surface area is 127 Å². The Balaban J connectivity index is 1.71. The van der Waals surface area contributed by atoms with E-state index < -0.39 is 0 Å². The van der Waals surface area contributed by atoms with Gasteiger partial charge in [-0.15, -0.1) is 5.10 Å². The molecule has 0 radical (unpaired) electrons. The molecule has 1 aromatic heterocycles. The summed E-state index contributed by atoms with van der Waals surface area (Å²) in [7, 11) is 1.94. The molecule has 0 aliphatic carbocycles. The minimum Gasteiger partial charge on any atom is -0.337 e. The summed E-state index contributed by atoms with van der Waals surface area (Å²) in [5.41, 5.74) is 0.932. The first kappa shape index (κ1) is 14.6. The second-order valence-corrected chi connectivity index (χ2v) is 5.35. The van der Waals surface area contributed by atoms with Crippen LogP contribution in [0, 0.1) is 5.82 Å². The molecular formula is C15H18FN5O. The van der Waals surface area contributed by atoms with Crippen molar-refractivity contribution in [1.82, 2.24) is 25.2 Å². The number of carbonyl (C=O) groups excluding carboxylic acids is 1. The number of piperidine rings is 1. The van der Waals surface area contributed by atoms with Crippen LogP contribution in [-0.4, -0.2) is 52.0 Å². The van der Waals surface area contributed by atoms with Crippen molar-refractivity contribution in [2.75, 3.05) is 20.1 Å². The summed E-state index contributed by atoms with van der Waals surface area (Å²) in [4.78, 5) is 15.6. The molecule has 6 nitrogen and oxygen atoms in total. The van der Waals surface area contributed by atoms with E-state index in [0.29, 0.717) is 30.5 Å². The molecule has 22 heavy (non-hydrogen) atoms. The van der Waals surface area contributed by atoms with Gasteiger partial charge in [0.1, 0.15) is 5.82 Å². The maximum atomic E-state index is 12.9. The molecule has 1 aromatic carbocycles. The van der Waals surface area contributed by atoms with Crippen molar-refractivity contribution in [3.63, 3.8) is 0 Å². The highest BCUT2D eigenvalue weighted by Gasteiger charge is 2.24. The Morgan fingerprint density at radius 3 is 2.59 bits per heavy atom. The predicted molar refractivity (Wildman–Crippen MR) is 79.3 cm³/mol. The third kappa shape index (κ3) is 2.99. The van der Waals surface area contributed by atoms with Crippen LogP contribution in [0.4, 0.5) is 4.39 Å². The number of aromatic nitrogens is 3. The summed E-state index contributed by atoms with van der Waals surface area (Å²) >= 11 is 0. The molecule has 0 spiro atoms. The number of likely N-dealkylation sites (tertiary alicyclic amines) is 1. The van der Waals surface area contributed by atoms with Crippen molar-refractivity contribution >= 4 is 5.91 Å². The standard InChI is InChI=1S/C15H18FN5O/c1-17-12-6-8-20(9-7-12)15(22)14-10-18-21(19-14)13-4-2-11(16)3-5-13/h2-5,10,12,17H,6-9H2,1H3. The van der Waals surface area contributed by atoms with Crippen LogP contribution in [0.2, 0.25) is 0 Å². The van der Waals surface area contributed by atoms with Crippen molar-refractivity contribution in [3.8, 4) is 5.69 Å². The van der Waals surface area contributed by atoms with Crippen LogP contribution in [0.5, 0.6) is 0 Å². The lowest BCUT2D eigenvalue weighted by Crippen LogP contribution is -2.44. The van der Waals surface area contributed by atoms with E-state index in [1.807, 2.05) is 7.05 Å². The lowest BCUT2D eigenvalue weighted by Gasteiger charge is -2.31. The monoisotopic (exact) mass is 303 g/mol. The van der Waals surface area contributed by atoms with E-state index >= 15 is 0 Å². The molecule has 1 amide bonds. The Morgan fingerprint density at radius 2 is 1.95 bits per heavy atom.